The van der Waals surface area contributed by atoms with Gasteiger partial charge in [-0.05, 0) is 31.0 Å². The number of carbonyl (C=O) groups is 1. The molecule has 2 aromatic rings. The van der Waals surface area contributed by atoms with Crippen molar-refractivity contribution in [3.8, 4) is 0 Å². The predicted octanol–water partition coefficient (Wildman–Crippen LogP) is 3.25. The summed E-state index contributed by atoms with van der Waals surface area (Å²) >= 11 is 4.93. The Morgan fingerprint density at radius 2 is 2.05 bits per heavy atom. The number of rotatable bonds is 1. The van der Waals surface area contributed by atoms with Gasteiger partial charge in [-0.15, -0.1) is 11.3 Å². The third-order valence-corrected chi connectivity index (χ3v) is 5.88. The second-order valence-corrected chi connectivity index (χ2v) is 7.62. The monoisotopic (exact) mass is 366 g/mol. The topological polar surface area (TPSA) is 55.6 Å². The number of fused-ring (bicyclic) bond motifs is 3. The Hall–Kier alpha value is -1.11. The van der Waals surface area contributed by atoms with E-state index in [1.54, 1.807) is 0 Å². The third kappa shape index (κ3) is 2.25. The fourth-order valence-corrected chi connectivity index (χ4v) is 4.60. The van der Waals surface area contributed by atoms with Crippen molar-refractivity contribution in [1.29, 1.82) is 0 Å². The standard InChI is InChI=1S/C15H15BrN2O2S/c16-8-1-4-12-11(5-8)13(17)14(21-12)15(19)18-6-9-2-3-10(7-18)20-9/h1,4-5,9-10H,2-3,6-7,17H2. The Labute approximate surface area is 135 Å². The summed E-state index contributed by atoms with van der Waals surface area (Å²) in [7, 11) is 0. The number of ether oxygens (including phenoxy) is 1. The van der Waals surface area contributed by atoms with E-state index in [1.807, 2.05) is 23.1 Å². The maximum absolute atomic E-state index is 12.8. The zero-order chi connectivity index (χ0) is 14.6. The minimum Gasteiger partial charge on any atom is -0.397 e. The van der Waals surface area contributed by atoms with Crippen molar-refractivity contribution in [2.24, 2.45) is 0 Å². The van der Waals surface area contributed by atoms with Crippen LogP contribution in [0.5, 0.6) is 0 Å². The summed E-state index contributed by atoms with van der Waals surface area (Å²) in [6.07, 6.45) is 2.53. The Kier molecular flexibility index (Phi) is 3.20. The predicted molar refractivity (Wildman–Crippen MR) is 87.7 cm³/mol. The summed E-state index contributed by atoms with van der Waals surface area (Å²) in [6, 6.07) is 5.95. The number of carbonyl (C=O) groups excluding carboxylic acids is 1. The number of anilines is 1. The number of hydrogen-bond acceptors (Lipinski definition) is 4. The van der Waals surface area contributed by atoms with Gasteiger partial charge < -0.3 is 15.4 Å². The van der Waals surface area contributed by atoms with E-state index >= 15 is 0 Å². The molecule has 4 rings (SSSR count). The van der Waals surface area contributed by atoms with Gasteiger partial charge in [-0.3, -0.25) is 4.79 Å². The van der Waals surface area contributed by atoms with Crippen LogP contribution in [0.4, 0.5) is 5.69 Å². The van der Waals surface area contributed by atoms with Gasteiger partial charge >= 0.3 is 0 Å². The fourth-order valence-electron chi connectivity index (χ4n) is 3.17. The first kappa shape index (κ1) is 13.5. The Balaban J connectivity index is 1.69. The van der Waals surface area contributed by atoms with Crippen LogP contribution in [0, 0.1) is 0 Å². The molecule has 2 N–H and O–H groups in total. The van der Waals surface area contributed by atoms with Crippen LogP contribution in [-0.2, 0) is 4.74 Å². The lowest BCUT2D eigenvalue weighted by atomic mass is 10.2. The molecule has 4 nitrogen and oxygen atoms in total. The van der Waals surface area contributed by atoms with E-state index in [0.29, 0.717) is 23.7 Å². The number of nitrogens with zero attached hydrogens (tertiary/aromatic N) is 1. The molecule has 0 spiro atoms. The van der Waals surface area contributed by atoms with Crippen LogP contribution in [0.15, 0.2) is 22.7 Å². The molecule has 2 unspecified atom stereocenters. The van der Waals surface area contributed by atoms with Crippen LogP contribution in [0.1, 0.15) is 22.5 Å². The zero-order valence-electron chi connectivity index (χ0n) is 11.3. The van der Waals surface area contributed by atoms with Gasteiger partial charge in [-0.1, -0.05) is 15.9 Å². The van der Waals surface area contributed by atoms with Gasteiger partial charge in [0.25, 0.3) is 5.91 Å². The first-order chi connectivity index (χ1) is 10.1. The lowest BCUT2D eigenvalue weighted by molar-refractivity contribution is -0.0301. The summed E-state index contributed by atoms with van der Waals surface area (Å²) in [5.74, 6) is 0.0463. The number of thiophene rings is 1. The van der Waals surface area contributed by atoms with Crippen molar-refractivity contribution in [2.75, 3.05) is 18.8 Å². The number of nitrogens with two attached hydrogens (primary N) is 1. The van der Waals surface area contributed by atoms with Crippen LogP contribution in [0.25, 0.3) is 10.1 Å². The molecule has 0 saturated carbocycles. The zero-order valence-corrected chi connectivity index (χ0v) is 13.7. The maximum Gasteiger partial charge on any atom is 0.266 e. The average molecular weight is 367 g/mol. The molecule has 0 aliphatic carbocycles. The average Bonchev–Trinajstić information content (AvgIpc) is 2.98. The molecule has 2 fully saturated rings. The summed E-state index contributed by atoms with van der Waals surface area (Å²) in [6.45, 7) is 1.37. The summed E-state index contributed by atoms with van der Waals surface area (Å²) in [5, 5.41) is 0.953. The van der Waals surface area contributed by atoms with Gasteiger partial charge in [-0.2, -0.15) is 0 Å². The Morgan fingerprint density at radius 3 is 2.76 bits per heavy atom. The van der Waals surface area contributed by atoms with Crippen molar-refractivity contribution in [3.05, 3.63) is 27.5 Å². The lowest BCUT2D eigenvalue weighted by Gasteiger charge is -2.31. The fraction of sp³-hybridized carbons (Fsp3) is 0.400. The summed E-state index contributed by atoms with van der Waals surface area (Å²) in [4.78, 5) is 15.3. The number of benzene rings is 1. The third-order valence-electron chi connectivity index (χ3n) is 4.21. The number of amides is 1. The minimum absolute atomic E-state index is 0.0463. The molecule has 2 aliphatic rings. The summed E-state index contributed by atoms with van der Waals surface area (Å²) in [5.41, 5.74) is 6.81. The van der Waals surface area contributed by atoms with Gasteiger partial charge in [0.15, 0.2) is 0 Å². The van der Waals surface area contributed by atoms with Crippen LogP contribution in [0.2, 0.25) is 0 Å². The van der Waals surface area contributed by atoms with Crippen LogP contribution in [-0.4, -0.2) is 36.1 Å². The highest BCUT2D eigenvalue weighted by atomic mass is 79.9. The highest BCUT2D eigenvalue weighted by Crippen LogP contribution is 2.37. The van der Waals surface area contributed by atoms with E-state index in [1.165, 1.54) is 11.3 Å². The Morgan fingerprint density at radius 1 is 1.33 bits per heavy atom. The molecule has 21 heavy (non-hydrogen) atoms. The number of morpholine rings is 1. The molecule has 0 radical (unpaired) electrons. The van der Waals surface area contributed by atoms with Crippen molar-refractivity contribution in [1.82, 2.24) is 4.90 Å². The molecule has 1 aromatic carbocycles. The van der Waals surface area contributed by atoms with E-state index in [-0.39, 0.29) is 18.1 Å². The second-order valence-electron chi connectivity index (χ2n) is 5.65. The second kappa shape index (κ2) is 4.97. The van der Waals surface area contributed by atoms with E-state index in [2.05, 4.69) is 15.9 Å². The molecule has 6 heteroatoms. The molecular formula is C15H15BrN2O2S. The van der Waals surface area contributed by atoms with Crippen molar-refractivity contribution < 1.29 is 9.53 Å². The maximum atomic E-state index is 12.8. The van der Waals surface area contributed by atoms with Crippen LogP contribution >= 0.6 is 27.3 Å². The van der Waals surface area contributed by atoms with Crippen LogP contribution in [0.3, 0.4) is 0 Å². The molecule has 2 bridgehead atoms. The van der Waals surface area contributed by atoms with Crippen molar-refractivity contribution in [2.45, 2.75) is 25.0 Å². The lowest BCUT2D eigenvalue weighted by Crippen LogP contribution is -2.45. The molecule has 2 saturated heterocycles. The SMILES string of the molecule is Nc1c(C(=O)N2CC3CCC(C2)O3)sc2ccc(Br)cc12. The molecule has 2 atom stereocenters. The molecule has 110 valence electrons. The van der Waals surface area contributed by atoms with Gasteiger partial charge in [0.2, 0.25) is 0 Å². The quantitative estimate of drug-likeness (QED) is 0.842. The first-order valence-electron chi connectivity index (χ1n) is 7.04. The van der Waals surface area contributed by atoms with Gasteiger partial charge in [-0.25, -0.2) is 0 Å². The normalized spacial score (nSPS) is 24.7. The smallest absolute Gasteiger partial charge is 0.266 e. The molecule has 1 amide bonds. The van der Waals surface area contributed by atoms with Crippen molar-refractivity contribution in [3.63, 3.8) is 0 Å². The van der Waals surface area contributed by atoms with Crippen molar-refractivity contribution >= 4 is 48.9 Å². The minimum atomic E-state index is 0.0463. The summed E-state index contributed by atoms with van der Waals surface area (Å²) < 4.78 is 7.82. The highest BCUT2D eigenvalue weighted by Gasteiger charge is 2.36. The van der Waals surface area contributed by atoms with E-state index in [9.17, 15) is 4.79 Å². The Bertz CT molecular complexity index is 718. The van der Waals surface area contributed by atoms with Gasteiger partial charge in [0, 0.05) is 27.6 Å². The largest absolute Gasteiger partial charge is 0.397 e. The molecule has 1 aromatic heterocycles. The number of halogens is 1. The highest BCUT2D eigenvalue weighted by molar-refractivity contribution is 9.10. The van der Waals surface area contributed by atoms with Gasteiger partial charge in [0.1, 0.15) is 4.88 Å². The van der Waals surface area contributed by atoms with Gasteiger partial charge in [0.05, 0.1) is 17.9 Å². The first-order valence-corrected chi connectivity index (χ1v) is 8.65. The van der Waals surface area contributed by atoms with E-state index in [4.69, 9.17) is 10.5 Å². The van der Waals surface area contributed by atoms with E-state index in [0.717, 1.165) is 27.4 Å². The molecular weight excluding hydrogens is 352 g/mol. The number of nitrogen functional groups attached to an aromatic ring is 1. The molecule has 2 aliphatic heterocycles. The number of hydrogen-bond donors (Lipinski definition) is 1. The molecule has 3 heterocycles. The number of likely N-dealkylation sites (tertiary alicyclic amines) is 1. The van der Waals surface area contributed by atoms with E-state index < -0.39 is 0 Å². The van der Waals surface area contributed by atoms with Crippen LogP contribution < -0.4 is 5.73 Å².